The van der Waals surface area contributed by atoms with Gasteiger partial charge < -0.3 is 9.47 Å². The molecular weight excluding hydrogens is 334 g/mol. The molecule has 0 spiro atoms. The fourth-order valence-corrected chi connectivity index (χ4v) is 4.04. The number of benzene rings is 1. The maximum atomic E-state index is 11.6. The second-order valence-electron chi connectivity index (χ2n) is 7.03. The highest BCUT2D eigenvalue weighted by atomic mass is 16.6. The van der Waals surface area contributed by atoms with Crippen molar-refractivity contribution in [1.29, 1.82) is 0 Å². The number of nitrogens with zero attached hydrogens (tertiary/aromatic N) is 5. The minimum atomic E-state index is -0.403. The molecule has 0 radical (unpaired) electrons. The lowest BCUT2D eigenvalue weighted by Gasteiger charge is -2.33. The van der Waals surface area contributed by atoms with E-state index in [0.29, 0.717) is 17.8 Å². The van der Waals surface area contributed by atoms with Crippen LogP contribution in [-0.4, -0.2) is 38.6 Å². The number of hydrogen-bond acceptors (Lipinski definition) is 6. The van der Waals surface area contributed by atoms with Gasteiger partial charge in [0.2, 0.25) is 0 Å². The molecule has 0 aliphatic carbocycles. The fourth-order valence-electron chi connectivity index (χ4n) is 4.04. The van der Waals surface area contributed by atoms with Crippen molar-refractivity contribution in [3.8, 4) is 0 Å². The summed E-state index contributed by atoms with van der Waals surface area (Å²) in [5.41, 5.74) is 0.931. The van der Waals surface area contributed by atoms with Gasteiger partial charge in [0, 0.05) is 43.6 Å². The largest absolute Gasteiger partial charge is 0.365 e. The van der Waals surface area contributed by atoms with E-state index >= 15 is 0 Å². The topological polar surface area (TPSA) is 94.2 Å². The lowest BCUT2D eigenvalue weighted by atomic mass is 9.96. The average molecular weight is 355 g/mol. The Morgan fingerprint density at radius 1 is 1.27 bits per heavy atom. The lowest BCUT2D eigenvalue weighted by molar-refractivity contribution is -0.384. The van der Waals surface area contributed by atoms with Gasteiger partial charge in [-0.3, -0.25) is 14.9 Å². The first-order valence-corrected chi connectivity index (χ1v) is 9.01. The number of nitro benzene ring substituents is 1. The smallest absolute Gasteiger partial charge is 0.293 e. The summed E-state index contributed by atoms with van der Waals surface area (Å²) in [6.07, 6.45) is 4.03. The van der Waals surface area contributed by atoms with Crippen molar-refractivity contribution in [3.05, 3.63) is 45.5 Å². The Balaban J connectivity index is 1.63. The van der Waals surface area contributed by atoms with Crippen LogP contribution in [0.3, 0.4) is 0 Å². The van der Waals surface area contributed by atoms with Crippen LogP contribution in [0.5, 0.6) is 0 Å². The minimum absolute atomic E-state index is 0.00942. The second kappa shape index (κ2) is 6.51. The van der Waals surface area contributed by atoms with Crippen molar-refractivity contribution in [2.24, 2.45) is 0 Å². The van der Waals surface area contributed by atoms with Gasteiger partial charge in [-0.2, -0.15) is 0 Å². The number of anilines is 1. The average Bonchev–Trinajstić information content (AvgIpc) is 3.24. The highest BCUT2D eigenvalue weighted by Gasteiger charge is 2.31. The normalized spacial score (nSPS) is 19.4. The maximum Gasteiger partial charge on any atom is 0.293 e. The molecule has 4 rings (SSSR count). The van der Waals surface area contributed by atoms with E-state index in [4.69, 9.17) is 0 Å². The SMILES string of the molecule is CC(=O)c1ccc(N2CCCC(c3nnc4n3CCC4)C2)c([N+](=O)[O-])c1. The van der Waals surface area contributed by atoms with E-state index in [1.54, 1.807) is 12.1 Å². The molecule has 26 heavy (non-hydrogen) atoms. The summed E-state index contributed by atoms with van der Waals surface area (Å²) in [5, 5.41) is 20.2. The Labute approximate surface area is 151 Å². The van der Waals surface area contributed by atoms with Crippen molar-refractivity contribution in [2.75, 3.05) is 18.0 Å². The van der Waals surface area contributed by atoms with E-state index in [9.17, 15) is 14.9 Å². The Hall–Kier alpha value is -2.77. The third-order valence-electron chi connectivity index (χ3n) is 5.34. The quantitative estimate of drug-likeness (QED) is 0.475. The molecule has 2 aliphatic rings. The molecule has 2 aliphatic heterocycles. The standard InChI is InChI=1S/C18H21N5O3/c1-12(24)13-6-7-15(16(10-13)23(25)26)21-8-2-4-14(11-21)18-20-19-17-5-3-9-22(17)18/h6-7,10,14H,2-5,8-9,11H2,1H3. The van der Waals surface area contributed by atoms with E-state index in [1.165, 1.54) is 13.0 Å². The third kappa shape index (κ3) is 2.85. The Bertz CT molecular complexity index is 876. The van der Waals surface area contributed by atoms with Gasteiger partial charge in [-0.15, -0.1) is 10.2 Å². The number of carbonyl (C=O) groups excluding carboxylic acids is 1. The molecule has 1 aromatic heterocycles. The molecule has 1 saturated heterocycles. The van der Waals surface area contributed by atoms with Crippen LogP contribution in [0.4, 0.5) is 11.4 Å². The summed E-state index contributed by atoms with van der Waals surface area (Å²) >= 11 is 0. The van der Waals surface area contributed by atoms with Gasteiger partial charge in [0.25, 0.3) is 5.69 Å². The molecule has 8 nitrogen and oxygen atoms in total. The summed E-state index contributed by atoms with van der Waals surface area (Å²) in [6, 6.07) is 4.75. The fraction of sp³-hybridized carbons (Fsp3) is 0.500. The molecule has 0 amide bonds. The summed E-state index contributed by atoms with van der Waals surface area (Å²) in [4.78, 5) is 24.8. The van der Waals surface area contributed by atoms with Gasteiger partial charge >= 0.3 is 0 Å². The number of piperidine rings is 1. The number of aromatic nitrogens is 3. The monoisotopic (exact) mass is 355 g/mol. The van der Waals surface area contributed by atoms with E-state index in [2.05, 4.69) is 14.8 Å². The molecule has 0 saturated carbocycles. The van der Waals surface area contributed by atoms with Gasteiger partial charge in [0.1, 0.15) is 17.3 Å². The van der Waals surface area contributed by atoms with Crippen LogP contribution in [0, 0.1) is 10.1 Å². The van der Waals surface area contributed by atoms with Crippen molar-refractivity contribution in [2.45, 2.75) is 45.1 Å². The maximum absolute atomic E-state index is 11.6. The summed E-state index contributed by atoms with van der Waals surface area (Å²) < 4.78 is 2.21. The molecular formula is C18H21N5O3. The molecule has 1 unspecified atom stereocenters. The molecule has 1 aromatic carbocycles. The first-order valence-electron chi connectivity index (χ1n) is 9.01. The van der Waals surface area contributed by atoms with Crippen LogP contribution in [0.15, 0.2) is 18.2 Å². The van der Waals surface area contributed by atoms with Crippen molar-refractivity contribution in [3.63, 3.8) is 0 Å². The van der Waals surface area contributed by atoms with Crippen LogP contribution in [0.25, 0.3) is 0 Å². The Morgan fingerprint density at radius 2 is 2.12 bits per heavy atom. The number of hydrogen-bond donors (Lipinski definition) is 0. The van der Waals surface area contributed by atoms with E-state index in [-0.39, 0.29) is 17.4 Å². The zero-order valence-corrected chi connectivity index (χ0v) is 14.7. The van der Waals surface area contributed by atoms with Crippen LogP contribution in [0.1, 0.15) is 54.1 Å². The summed E-state index contributed by atoms with van der Waals surface area (Å²) in [5.74, 6) is 2.10. The van der Waals surface area contributed by atoms with Gasteiger partial charge in [0.05, 0.1) is 4.92 Å². The summed E-state index contributed by atoms with van der Waals surface area (Å²) in [7, 11) is 0. The van der Waals surface area contributed by atoms with Gasteiger partial charge in [-0.05, 0) is 38.3 Å². The summed E-state index contributed by atoms with van der Waals surface area (Å²) in [6.45, 7) is 3.82. The van der Waals surface area contributed by atoms with E-state index in [1.807, 2.05) is 4.90 Å². The number of fused-ring (bicyclic) bond motifs is 1. The van der Waals surface area contributed by atoms with Crippen LogP contribution in [-0.2, 0) is 13.0 Å². The van der Waals surface area contributed by atoms with Crippen LogP contribution in [0.2, 0.25) is 0 Å². The van der Waals surface area contributed by atoms with Crippen molar-refractivity contribution < 1.29 is 9.72 Å². The Morgan fingerprint density at radius 3 is 2.88 bits per heavy atom. The van der Waals surface area contributed by atoms with Crippen molar-refractivity contribution >= 4 is 17.2 Å². The van der Waals surface area contributed by atoms with E-state index < -0.39 is 4.92 Å². The number of ketones is 1. The predicted molar refractivity (Wildman–Crippen MR) is 95.6 cm³/mol. The first-order chi connectivity index (χ1) is 12.5. The zero-order chi connectivity index (χ0) is 18.3. The van der Waals surface area contributed by atoms with Crippen molar-refractivity contribution in [1.82, 2.24) is 14.8 Å². The molecule has 8 heteroatoms. The number of Topliss-reactive ketones (excluding diaryl/α,β-unsaturated/α-hetero) is 1. The van der Waals surface area contributed by atoms with Gasteiger partial charge in [-0.25, -0.2) is 0 Å². The van der Waals surface area contributed by atoms with Gasteiger partial charge in [-0.1, -0.05) is 0 Å². The highest BCUT2D eigenvalue weighted by molar-refractivity contribution is 5.95. The second-order valence-corrected chi connectivity index (χ2v) is 7.03. The zero-order valence-electron chi connectivity index (χ0n) is 14.7. The molecule has 0 bridgehead atoms. The molecule has 1 atom stereocenters. The van der Waals surface area contributed by atoms with Crippen LogP contribution >= 0.6 is 0 Å². The number of nitro groups is 1. The molecule has 2 aromatic rings. The predicted octanol–water partition coefficient (Wildman–Crippen LogP) is 2.72. The minimum Gasteiger partial charge on any atom is -0.365 e. The van der Waals surface area contributed by atoms with E-state index in [0.717, 1.165) is 50.4 Å². The van der Waals surface area contributed by atoms with Crippen LogP contribution < -0.4 is 4.90 Å². The highest BCUT2D eigenvalue weighted by Crippen LogP contribution is 2.35. The molecule has 136 valence electrons. The number of rotatable bonds is 4. The number of aryl methyl sites for hydroxylation is 1. The lowest BCUT2D eigenvalue weighted by Crippen LogP contribution is -2.35. The number of carbonyl (C=O) groups is 1. The third-order valence-corrected chi connectivity index (χ3v) is 5.34. The molecule has 1 fully saturated rings. The molecule has 3 heterocycles. The Kier molecular flexibility index (Phi) is 4.18. The van der Waals surface area contributed by atoms with Gasteiger partial charge in [0.15, 0.2) is 5.78 Å². The first kappa shape index (κ1) is 16.7. The molecule has 0 N–H and O–H groups in total.